The lowest BCUT2D eigenvalue weighted by Crippen LogP contribution is -2.52. The molecule has 1 aromatic carbocycles. The zero-order valence-corrected chi connectivity index (χ0v) is 19.6. The highest BCUT2D eigenvalue weighted by molar-refractivity contribution is 5.96. The molecule has 0 saturated carbocycles. The van der Waals surface area contributed by atoms with E-state index in [9.17, 15) is 28.4 Å². The van der Waals surface area contributed by atoms with Crippen LogP contribution in [0.15, 0.2) is 30.3 Å². The number of benzene rings is 1. The second-order valence-corrected chi connectivity index (χ2v) is 7.93. The zero-order valence-electron chi connectivity index (χ0n) is 19.6. The van der Waals surface area contributed by atoms with Gasteiger partial charge < -0.3 is 33.2 Å². The van der Waals surface area contributed by atoms with Crippen molar-refractivity contribution in [1.29, 1.82) is 0 Å². The van der Waals surface area contributed by atoms with E-state index in [1.54, 1.807) is 6.07 Å². The van der Waals surface area contributed by atoms with Crippen molar-refractivity contribution >= 4 is 35.6 Å². The molecule has 0 aliphatic carbocycles. The molecule has 0 aliphatic heterocycles. The van der Waals surface area contributed by atoms with Crippen LogP contribution in [0.1, 0.15) is 44.6 Å². The van der Waals surface area contributed by atoms with Gasteiger partial charge in [-0.1, -0.05) is 12.1 Å². The van der Waals surface area contributed by atoms with Crippen molar-refractivity contribution < 1.29 is 28.4 Å². The van der Waals surface area contributed by atoms with E-state index in [-0.39, 0.29) is 12.8 Å². The summed E-state index contributed by atoms with van der Waals surface area (Å²) in [5.41, 5.74) is 16.5. The minimum atomic E-state index is -1.18. The van der Waals surface area contributed by atoms with Gasteiger partial charge >= 0.3 is 0 Å². The van der Waals surface area contributed by atoms with Crippen molar-refractivity contribution in [1.82, 2.24) is 16.0 Å². The normalized spacial score (nSPS) is 13.5. The Labute approximate surface area is 203 Å². The number of carbonyl (C=O) groups excluding carboxylic acids is 5. The summed E-state index contributed by atoms with van der Waals surface area (Å²) in [5, 5.41) is 7.30. The summed E-state index contributed by atoms with van der Waals surface area (Å²) < 4.78 is 13.2. The van der Waals surface area contributed by atoms with Crippen LogP contribution >= 0.6 is 0 Å². The number of unbranched alkanes of at least 4 members (excludes halogenated alkanes) is 1. The van der Waals surface area contributed by atoms with Gasteiger partial charge in [-0.15, -0.1) is 0 Å². The largest absolute Gasteiger partial charge is 0.368 e. The van der Waals surface area contributed by atoms with Crippen LogP contribution in [0.25, 0.3) is 6.08 Å². The molecule has 2 unspecified atom stereocenters. The van der Waals surface area contributed by atoms with Crippen molar-refractivity contribution in [2.75, 3.05) is 6.54 Å². The summed E-state index contributed by atoms with van der Waals surface area (Å²) in [4.78, 5) is 59.9. The molecule has 1 rings (SSSR count). The van der Waals surface area contributed by atoms with E-state index in [4.69, 9.17) is 17.2 Å². The van der Waals surface area contributed by atoms with Gasteiger partial charge in [0.15, 0.2) is 0 Å². The Hall–Kier alpha value is -3.80. The highest BCUT2D eigenvalue weighted by atomic mass is 19.1. The van der Waals surface area contributed by atoms with Crippen LogP contribution in [-0.4, -0.2) is 54.2 Å². The molecule has 0 radical (unpaired) electrons. The van der Waals surface area contributed by atoms with Crippen LogP contribution in [0.3, 0.4) is 0 Å². The summed E-state index contributed by atoms with van der Waals surface area (Å²) in [5.74, 6) is -3.86. The average Bonchev–Trinajstić information content (AvgIpc) is 2.79. The van der Waals surface area contributed by atoms with E-state index in [0.29, 0.717) is 31.4 Å². The molecule has 0 saturated heterocycles. The summed E-state index contributed by atoms with van der Waals surface area (Å²) in [7, 11) is 0. The van der Waals surface area contributed by atoms with Gasteiger partial charge in [0.25, 0.3) is 0 Å². The molecule has 192 valence electrons. The fourth-order valence-electron chi connectivity index (χ4n) is 3.01. The van der Waals surface area contributed by atoms with E-state index in [2.05, 4.69) is 16.0 Å². The fourth-order valence-corrected chi connectivity index (χ4v) is 3.01. The van der Waals surface area contributed by atoms with Crippen LogP contribution in [0.4, 0.5) is 4.39 Å². The summed E-state index contributed by atoms with van der Waals surface area (Å²) >= 11 is 0. The molecule has 3 atom stereocenters. The van der Waals surface area contributed by atoms with Crippen molar-refractivity contribution in [2.45, 2.75) is 57.2 Å². The third-order valence-electron chi connectivity index (χ3n) is 4.97. The van der Waals surface area contributed by atoms with Gasteiger partial charge in [0.2, 0.25) is 29.5 Å². The zero-order chi connectivity index (χ0) is 26.4. The molecule has 0 heterocycles. The summed E-state index contributed by atoms with van der Waals surface area (Å²) in [6.45, 7) is 1.84. The number of carbonyl (C=O) groups is 5. The van der Waals surface area contributed by atoms with E-state index in [0.717, 1.165) is 6.08 Å². The molecule has 5 amide bonds. The van der Waals surface area contributed by atoms with Gasteiger partial charge in [-0.05, 0) is 62.9 Å². The SMILES string of the molecule is CC(NC(=O)/C=C/c1cccc(F)c1)C(=O)N[C@@H](CCC(=O)NC(CCCCN)C(N)=O)C(N)=O. The molecule has 12 heteroatoms. The minimum Gasteiger partial charge on any atom is -0.368 e. The highest BCUT2D eigenvalue weighted by Gasteiger charge is 2.24. The number of rotatable bonds is 15. The van der Waals surface area contributed by atoms with Crippen LogP contribution in [0.2, 0.25) is 0 Å². The van der Waals surface area contributed by atoms with E-state index in [1.807, 2.05) is 0 Å². The first-order valence-corrected chi connectivity index (χ1v) is 11.2. The molecule has 0 aliphatic rings. The second kappa shape index (κ2) is 15.2. The number of nitrogens with two attached hydrogens (primary N) is 3. The quantitative estimate of drug-likeness (QED) is 0.137. The lowest BCUT2D eigenvalue weighted by Gasteiger charge is -2.20. The Balaban J connectivity index is 2.57. The first kappa shape index (κ1) is 29.2. The fraction of sp³-hybridized carbons (Fsp3) is 0.435. The number of primary amides is 2. The van der Waals surface area contributed by atoms with E-state index < -0.39 is 53.5 Å². The number of nitrogens with one attached hydrogen (secondary N) is 3. The Kier molecular flexibility index (Phi) is 12.7. The van der Waals surface area contributed by atoms with Gasteiger partial charge in [-0.3, -0.25) is 24.0 Å². The standard InChI is InChI=1S/C23H33FN6O5/c1-14(28-19(31)10-8-15-5-4-6-16(24)13-15)23(35)30-18(22(27)34)9-11-20(32)29-17(21(26)33)7-2-3-12-25/h4-6,8,10,13-14,17-18H,2-3,7,9,11-12,25H2,1H3,(H2,26,33)(H2,27,34)(H,28,31)(H,29,32)(H,30,35)/b10-8+/t14?,17?,18-/m0/s1. The average molecular weight is 493 g/mol. The number of amides is 5. The van der Waals surface area contributed by atoms with Crippen molar-refractivity contribution in [3.05, 3.63) is 41.7 Å². The third-order valence-corrected chi connectivity index (χ3v) is 4.97. The topological polar surface area (TPSA) is 200 Å². The summed E-state index contributed by atoms with van der Waals surface area (Å²) in [6, 6.07) is 2.51. The Morgan fingerprint density at radius 3 is 2.23 bits per heavy atom. The van der Waals surface area contributed by atoms with Crippen LogP contribution in [-0.2, 0) is 24.0 Å². The first-order valence-electron chi connectivity index (χ1n) is 11.2. The number of hydrogen-bond acceptors (Lipinski definition) is 6. The second-order valence-electron chi connectivity index (χ2n) is 7.93. The van der Waals surface area contributed by atoms with Crippen LogP contribution < -0.4 is 33.2 Å². The lowest BCUT2D eigenvalue weighted by molar-refractivity contribution is -0.131. The maximum Gasteiger partial charge on any atom is 0.244 e. The van der Waals surface area contributed by atoms with Gasteiger partial charge in [-0.25, -0.2) is 4.39 Å². The Morgan fingerprint density at radius 2 is 1.63 bits per heavy atom. The van der Waals surface area contributed by atoms with Crippen LogP contribution in [0.5, 0.6) is 0 Å². The molecule has 0 bridgehead atoms. The predicted molar refractivity (Wildman–Crippen MR) is 127 cm³/mol. The molecular weight excluding hydrogens is 459 g/mol. The highest BCUT2D eigenvalue weighted by Crippen LogP contribution is 2.06. The molecule has 0 aromatic heterocycles. The number of halogens is 1. The first-order chi connectivity index (χ1) is 16.5. The van der Waals surface area contributed by atoms with E-state index >= 15 is 0 Å². The maximum absolute atomic E-state index is 13.2. The molecule has 1 aromatic rings. The Bertz CT molecular complexity index is 939. The van der Waals surface area contributed by atoms with Crippen molar-refractivity contribution in [3.63, 3.8) is 0 Å². The van der Waals surface area contributed by atoms with E-state index in [1.165, 1.54) is 31.2 Å². The third kappa shape index (κ3) is 11.8. The van der Waals surface area contributed by atoms with Crippen LogP contribution in [0, 0.1) is 5.82 Å². The maximum atomic E-state index is 13.2. The lowest BCUT2D eigenvalue weighted by atomic mass is 10.1. The van der Waals surface area contributed by atoms with Crippen molar-refractivity contribution in [2.24, 2.45) is 17.2 Å². The molecule has 0 spiro atoms. The smallest absolute Gasteiger partial charge is 0.244 e. The summed E-state index contributed by atoms with van der Waals surface area (Å²) in [6.07, 6.45) is 3.79. The number of hydrogen-bond donors (Lipinski definition) is 6. The Morgan fingerprint density at radius 1 is 0.971 bits per heavy atom. The van der Waals surface area contributed by atoms with Gasteiger partial charge in [0.05, 0.1) is 0 Å². The minimum absolute atomic E-state index is 0.124. The molecular formula is C23H33FN6O5. The molecule has 9 N–H and O–H groups in total. The molecule has 11 nitrogen and oxygen atoms in total. The monoisotopic (exact) mass is 492 g/mol. The predicted octanol–water partition coefficient (Wildman–Crippen LogP) is -0.807. The van der Waals surface area contributed by atoms with Gasteiger partial charge in [-0.2, -0.15) is 0 Å². The van der Waals surface area contributed by atoms with Gasteiger partial charge in [0.1, 0.15) is 23.9 Å². The molecule has 0 fully saturated rings. The molecule has 35 heavy (non-hydrogen) atoms. The van der Waals surface area contributed by atoms with Crippen molar-refractivity contribution in [3.8, 4) is 0 Å². The van der Waals surface area contributed by atoms with Gasteiger partial charge in [0, 0.05) is 12.5 Å².